The molecule has 150 valence electrons. The number of hydrogen-bond acceptors (Lipinski definition) is 5. The first-order valence-corrected chi connectivity index (χ1v) is 10.7. The summed E-state index contributed by atoms with van der Waals surface area (Å²) in [6.07, 6.45) is 0. The van der Waals surface area contributed by atoms with Gasteiger partial charge in [0.1, 0.15) is 13.2 Å². The third-order valence-corrected chi connectivity index (χ3v) is 6.46. The monoisotopic (exact) mass is 404 g/mol. The van der Waals surface area contributed by atoms with Crippen LogP contribution in [0.1, 0.15) is 35.8 Å². The predicted molar refractivity (Wildman–Crippen MR) is 108 cm³/mol. The van der Waals surface area contributed by atoms with Crippen molar-refractivity contribution in [3.05, 3.63) is 53.6 Å². The summed E-state index contributed by atoms with van der Waals surface area (Å²) in [5.41, 5.74) is 1.87. The first-order chi connectivity index (χ1) is 13.3. The van der Waals surface area contributed by atoms with Gasteiger partial charge >= 0.3 is 0 Å². The van der Waals surface area contributed by atoms with E-state index < -0.39 is 10.0 Å². The second-order valence-electron chi connectivity index (χ2n) is 6.51. The lowest BCUT2D eigenvalue weighted by atomic mass is 10.1. The lowest BCUT2D eigenvalue weighted by molar-refractivity contribution is 0.0939. The van der Waals surface area contributed by atoms with Crippen molar-refractivity contribution < 1.29 is 22.7 Å². The van der Waals surface area contributed by atoms with Gasteiger partial charge in [-0.15, -0.1) is 0 Å². The molecule has 8 heteroatoms. The highest BCUT2D eigenvalue weighted by Crippen LogP contribution is 2.32. The molecule has 1 aliphatic heterocycles. The Morgan fingerprint density at radius 2 is 1.75 bits per heavy atom. The molecule has 0 fully saturated rings. The minimum Gasteiger partial charge on any atom is -0.486 e. The van der Waals surface area contributed by atoms with Gasteiger partial charge in [-0.1, -0.05) is 6.07 Å². The summed E-state index contributed by atoms with van der Waals surface area (Å²) in [5.74, 6) is 1.15. The van der Waals surface area contributed by atoms with E-state index in [2.05, 4.69) is 5.32 Å². The minimum absolute atomic E-state index is 0.0127. The molecular weight excluding hydrogens is 380 g/mol. The van der Waals surface area contributed by atoms with Crippen LogP contribution in [-0.4, -0.2) is 40.3 Å². The van der Waals surface area contributed by atoms with Gasteiger partial charge in [-0.25, -0.2) is 8.42 Å². The fourth-order valence-corrected chi connectivity index (χ4v) is 3.70. The summed E-state index contributed by atoms with van der Waals surface area (Å²) in [7, 11) is -1.84. The number of carbonyl (C=O) groups is 1. The van der Waals surface area contributed by atoms with Gasteiger partial charge in [0.25, 0.3) is 5.91 Å². The minimum atomic E-state index is -3.34. The molecule has 0 saturated heterocycles. The molecule has 28 heavy (non-hydrogen) atoms. The van der Waals surface area contributed by atoms with Crippen molar-refractivity contribution in [3.63, 3.8) is 0 Å². The largest absolute Gasteiger partial charge is 0.486 e. The van der Waals surface area contributed by atoms with Crippen molar-refractivity contribution >= 4 is 21.6 Å². The van der Waals surface area contributed by atoms with E-state index in [0.717, 1.165) is 5.56 Å². The number of benzene rings is 2. The molecule has 3 rings (SSSR count). The number of fused-ring (bicyclic) bond motifs is 1. The van der Waals surface area contributed by atoms with Crippen molar-refractivity contribution in [2.45, 2.75) is 19.9 Å². The van der Waals surface area contributed by atoms with E-state index in [1.165, 1.54) is 11.4 Å². The summed E-state index contributed by atoms with van der Waals surface area (Å²) in [6.45, 7) is 4.52. The van der Waals surface area contributed by atoms with Gasteiger partial charge in [-0.3, -0.25) is 9.10 Å². The number of sulfonamides is 1. The molecule has 2 aromatic carbocycles. The van der Waals surface area contributed by atoms with Gasteiger partial charge in [0, 0.05) is 12.6 Å². The smallest absolute Gasteiger partial charge is 0.251 e. The van der Waals surface area contributed by atoms with E-state index in [4.69, 9.17) is 9.47 Å². The highest BCUT2D eigenvalue weighted by molar-refractivity contribution is 7.92. The molecule has 0 aliphatic carbocycles. The van der Waals surface area contributed by atoms with Crippen molar-refractivity contribution in [2.75, 3.05) is 30.3 Å². The standard InChI is InChI=1S/C20H24N2O5S/c1-4-28(24,25)22(3)17-8-5-15(6-9-17)20(23)21-14(2)16-7-10-18-19(13-16)27-12-11-26-18/h5-10,13-14H,4,11-12H2,1-3H3,(H,21,23)/t14-/m0/s1. The normalized spacial score (nSPS) is 14.2. The first kappa shape index (κ1) is 20.0. The highest BCUT2D eigenvalue weighted by atomic mass is 32.2. The van der Waals surface area contributed by atoms with Crippen LogP contribution in [0.3, 0.4) is 0 Å². The van der Waals surface area contributed by atoms with Crippen LogP contribution < -0.4 is 19.1 Å². The molecule has 0 saturated carbocycles. The number of carbonyl (C=O) groups excluding carboxylic acids is 1. The molecule has 0 spiro atoms. The van der Waals surface area contributed by atoms with Gasteiger partial charge in [0.15, 0.2) is 11.5 Å². The fourth-order valence-electron chi connectivity index (χ4n) is 2.87. The van der Waals surface area contributed by atoms with E-state index in [1.54, 1.807) is 31.2 Å². The lowest BCUT2D eigenvalue weighted by Gasteiger charge is -2.21. The number of nitrogens with one attached hydrogen (secondary N) is 1. The summed E-state index contributed by atoms with van der Waals surface area (Å²) in [5, 5.41) is 2.94. The zero-order valence-electron chi connectivity index (χ0n) is 16.1. The van der Waals surface area contributed by atoms with Gasteiger partial charge in [0.2, 0.25) is 10.0 Å². The van der Waals surface area contributed by atoms with Crippen molar-refractivity contribution in [1.82, 2.24) is 5.32 Å². The fraction of sp³-hybridized carbons (Fsp3) is 0.350. The number of hydrogen-bond donors (Lipinski definition) is 1. The van der Waals surface area contributed by atoms with Crippen molar-refractivity contribution in [3.8, 4) is 11.5 Å². The van der Waals surface area contributed by atoms with Crippen LogP contribution in [0, 0.1) is 0 Å². The summed E-state index contributed by atoms with van der Waals surface area (Å²) < 4.78 is 36.2. The van der Waals surface area contributed by atoms with E-state index in [-0.39, 0.29) is 17.7 Å². The zero-order chi connectivity index (χ0) is 20.3. The SMILES string of the molecule is CCS(=O)(=O)N(C)c1ccc(C(=O)N[C@@H](C)c2ccc3c(c2)OCCO3)cc1. The van der Waals surface area contributed by atoms with E-state index in [0.29, 0.717) is 36.0 Å². The molecule has 0 bridgehead atoms. The quantitative estimate of drug-likeness (QED) is 0.800. The average molecular weight is 404 g/mol. The van der Waals surface area contributed by atoms with Crippen LogP contribution in [0.5, 0.6) is 11.5 Å². The molecule has 0 aromatic heterocycles. The van der Waals surface area contributed by atoms with E-state index >= 15 is 0 Å². The molecule has 0 radical (unpaired) electrons. The van der Waals surface area contributed by atoms with Crippen LogP contribution in [0.2, 0.25) is 0 Å². The van der Waals surface area contributed by atoms with Crippen LogP contribution >= 0.6 is 0 Å². The van der Waals surface area contributed by atoms with Crippen molar-refractivity contribution in [2.24, 2.45) is 0 Å². The Kier molecular flexibility index (Phi) is 5.79. The Labute approximate surface area is 165 Å². The van der Waals surface area contributed by atoms with Gasteiger partial charge in [-0.05, 0) is 55.8 Å². The molecular formula is C20H24N2O5S. The maximum absolute atomic E-state index is 12.6. The van der Waals surface area contributed by atoms with Crippen LogP contribution in [0.25, 0.3) is 0 Å². The van der Waals surface area contributed by atoms with E-state index in [9.17, 15) is 13.2 Å². The predicted octanol–water partition coefficient (Wildman–Crippen LogP) is 2.73. The average Bonchev–Trinajstić information content (AvgIpc) is 2.72. The summed E-state index contributed by atoms with van der Waals surface area (Å²) >= 11 is 0. The molecule has 1 heterocycles. The number of ether oxygens (including phenoxy) is 2. The molecule has 1 amide bonds. The summed E-state index contributed by atoms with van der Waals surface area (Å²) in [4.78, 5) is 12.6. The van der Waals surface area contributed by atoms with Crippen LogP contribution in [0.15, 0.2) is 42.5 Å². The highest BCUT2D eigenvalue weighted by Gasteiger charge is 2.18. The third kappa shape index (κ3) is 4.22. The number of rotatable bonds is 6. The Bertz CT molecular complexity index is 957. The third-order valence-electron chi connectivity index (χ3n) is 4.69. The zero-order valence-corrected chi connectivity index (χ0v) is 17.0. The second-order valence-corrected chi connectivity index (χ2v) is 8.80. The maximum Gasteiger partial charge on any atom is 0.251 e. The van der Waals surface area contributed by atoms with E-state index in [1.807, 2.05) is 25.1 Å². The van der Waals surface area contributed by atoms with Gasteiger partial charge < -0.3 is 14.8 Å². The Morgan fingerprint density at radius 1 is 1.11 bits per heavy atom. The lowest BCUT2D eigenvalue weighted by Crippen LogP contribution is -2.28. The Morgan fingerprint density at radius 3 is 2.39 bits per heavy atom. The van der Waals surface area contributed by atoms with Crippen LogP contribution in [0.4, 0.5) is 5.69 Å². The molecule has 7 nitrogen and oxygen atoms in total. The van der Waals surface area contributed by atoms with Crippen LogP contribution in [-0.2, 0) is 10.0 Å². The number of anilines is 1. The Balaban J connectivity index is 1.69. The molecule has 0 unspecified atom stereocenters. The molecule has 1 N–H and O–H groups in total. The maximum atomic E-state index is 12.6. The molecule has 1 atom stereocenters. The second kappa shape index (κ2) is 8.10. The van der Waals surface area contributed by atoms with Gasteiger partial charge in [0.05, 0.1) is 17.5 Å². The topological polar surface area (TPSA) is 84.9 Å². The molecule has 1 aliphatic rings. The number of amides is 1. The molecule has 2 aromatic rings. The van der Waals surface area contributed by atoms with Crippen molar-refractivity contribution in [1.29, 1.82) is 0 Å². The number of nitrogens with zero attached hydrogens (tertiary/aromatic N) is 1. The first-order valence-electron chi connectivity index (χ1n) is 9.09. The van der Waals surface area contributed by atoms with Gasteiger partial charge in [-0.2, -0.15) is 0 Å². The Hall–Kier alpha value is -2.74. The summed E-state index contributed by atoms with van der Waals surface area (Å²) in [6, 6.07) is 11.8.